The van der Waals surface area contributed by atoms with E-state index in [1.807, 2.05) is 6.08 Å². The lowest BCUT2D eigenvalue weighted by molar-refractivity contribution is 0.0273. The first-order valence-corrected chi connectivity index (χ1v) is 9.88. The fraction of sp³-hybridized carbons (Fsp3) is 0.400. The molecule has 0 bridgehead atoms. The molecule has 0 spiro atoms. The fourth-order valence-corrected chi connectivity index (χ4v) is 4.11. The first-order valence-electron chi connectivity index (χ1n) is 8.68. The van der Waals surface area contributed by atoms with Crippen LogP contribution in [0.25, 0.3) is 15.7 Å². The van der Waals surface area contributed by atoms with Crippen LogP contribution in [0, 0.1) is 5.82 Å². The summed E-state index contributed by atoms with van der Waals surface area (Å²) in [6, 6.07) is 3.15. The van der Waals surface area contributed by atoms with E-state index in [0.29, 0.717) is 50.4 Å². The van der Waals surface area contributed by atoms with Crippen molar-refractivity contribution >= 4 is 51.0 Å². The van der Waals surface area contributed by atoms with E-state index in [2.05, 4.69) is 0 Å². The zero-order chi connectivity index (χ0) is 21.1. The van der Waals surface area contributed by atoms with Gasteiger partial charge in [-0.15, -0.1) is 11.3 Å². The topological polar surface area (TPSA) is 66.8 Å². The molecule has 2 aromatic rings. The Kier molecular flexibility index (Phi) is 7.20. The van der Waals surface area contributed by atoms with Gasteiger partial charge in [0.1, 0.15) is 11.4 Å². The highest BCUT2D eigenvalue weighted by Crippen LogP contribution is 2.37. The number of amides is 1. The molecule has 1 amide bonds. The van der Waals surface area contributed by atoms with Gasteiger partial charge in [0.05, 0.1) is 14.6 Å². The van der Waals surface area contributed by atoms with E-state index in [1.165, 1.54) is 0 Å². The summed E-state index contributed by atoms with van der Waals surface area (Å²) in [5, 5.41) is 7.91. The molecule has 0 aliphatic carbocycles. The number of carbonyl (C=O) groups is 2. The molecule has 8 heteroatoms. The molecule has 0 saturated heterocycles. The van der Waals surface area contributed by atoms with Gasteiger partial charge in [0, 0.05) is 31.1 Å². The summed E-state index contributed by atoms with van der Waals surface area (Å²) in [6.07, 6.45) is 2.78. The highest BCUT2D eigenvalue weighted by Gasteiger charge is 2.26. The molecule has 152 valence electrons. The van der Waals surface area contributed by atoms with Crippen LogP contribution in [0.15, 0.2) is 18.2 Å². The Morgan fingerprint density at radius 1 is 1.36 bits per heavy atom. The Labute approximate surface area is 172 Å². The summed E-state index contributed by atoms with van der Waals surface area (Å²) in [5.41, 5.74) is 0.452. The molecule has 1 aliphatic rings. The van der Waals surface area contributed by atoms with Gasteiger partial charge >= 0.3 is 6.09 Å². The van der Waals surface area contributed by atoms with Gasteiger partial charge in [-0.2, -0.15) is 0 Å². The molecule has 0 atom stereocenters. The highest BCUT2D eigenvalue weighted by molar-refractivity contribution is 7.20. The van der Waals surface area contributed by atoms with Crippen molar-refractivity contribution in [3.8, 4) is 0 Å². The third kappa shape index (κ3) is 4.90. The average Bonchev–Trinajstić information content (AvgIpc) is 3.10. The number of nitrogens with zero attached hydrogens (tertiary/aromatic N) is 1. The number of carbonyl (C=O) groups excluding carboxylic acids is 2. The molecule has 3 rings (SSSR count). The standard InChI is InChI=1S/C19H19ClFNO3S.CH4O/c1-19(2,3)25-18(24)22-6-4-5-11(9-22)13-8-15(20)14-7-12(10-23)26-17(14)16(13)21;1-2/h5,7-8,10H,4,6,9H2,1-3H3;2H,1H3. The highest BCUT2D eigenvalue weighted by atomic mass is 35.5. The first kappa shape index (κ1) is 22.3. The van der Waals surface area contributed by atoms with Crippen molar-refractivity contribution in [2.45, 2.75) is 32.8 Å². The van der Waals surface area contributed by atoms with Crippen LogP contribution >= 0.6 is 22.9 Å². The molecule has 1 aliphatic heterocycles. The molecule has 1 aromatic heterocycles. The Bertz CT molecular complexity index is 917. The maximum absolute atomic E-state index is 15.0. The molecule has 5 nitrogen and oxygen atoms in total. The van der Waals surface area contributed by atoms with Gasteiger partial charge in [0.15, 0.2) is 6.29 Å². The summed E-state index contributed by atoms with van der Waals surface area (Å²) >= 11 is 7.37. The number of thiophene rings is 1. The van der Waals surface area contributed by atoms with E-state index in [4.69, 9.17) is 21.4 Å². The van der Waals surface area contributed by atoms with E-state index >= 15 is 4.39 Å². The summed E-state index contributed by atoms with van der Waals surface area (Å²) in [7, 11) is 1.00. The molecule has 1 aromatic carbocycles. The Morgan fingerprint density at radius 3 is 2.64 bits per heavy atom. The quantitative estimate of drug-likeness (QED) is 0.674. The van der Waals surface area contributed by atoms with Crippen LogP contribution in [0.1, 0.15) is 42.4 Å². The van der Waals surface area contributed by atoms with Crippen molar-refractivity contribution in [1.29, 1.82) is 0 Å². The predicted octanol–water partition coefficient (Wildman–Crippen LogP) is 5.14. The Hall–Kier alpha value is -1.96. The SMILES string of the molecule is CC(C)(C)OC(=O)N1CCC=C(c2cc(Cl)c3cc(C=O)sc3c2F)C1.CO. The van der Waals surface area contributed by atoms with Crippen molar-refractivity contribution in [2.75, 3.05) is 20.2 Å². The average molecular weight is 428 g/mol. The molecule has 0 saturated carbocycles. The van der Waals surface area contributed by atoms with Crippen molar-refractivity contribution in [3.63, 3.8) is 0 Å². The van der Waals surface area contributed by atoms with Crippen molar-refractivity contribution < 1.29 is 23.8 Å². The number of aliphatic hydroxyl groups excluding tert-OH is 1. The second-order valence-corrected chi connectivity index (χ2v) is 8.64. The summed E-state index contributed by atoms with van der Waals surface area (Å²) in [6.45, 7) is 6.19. The van der Waals surface area contributed by atoms with Crippen LogP contribution in [-0.4, -0.2) is 48.2 Å². The van der Waals surface area contributed by atoms with Crippen LogP contribution in [0.3, 0.4) is 0 Å². The summed E-state index contributed by atoms with van der Waals surface area (Å²) < 4.78 is 20.8. The number of hydrogen-bond donors (Lipinski definition) is 1. The molecular weight excluding hydrogens is 405 g/mol. The maximum Gasteiger partial charge on any atom is 0.410 e. The van der Waals surface area contributed by atoms with Gasteiger partial charge in [-0.25, -0.2) is 9.18 Å². The van der Waals surface area contributed by atoms with Crippen molar-refractivity contribution in [1.82, 2.24) is 4.90 Å². The van der Waals surface area contributed by atoms with E-state index < -0.39 is 17.5 Å². The van der Waals surface area contributed by atoms with Gasteiger partial charge in [-0.1, -0.05) is 17.7 Å². The molecular formula is C20H23ClFNO4S. The maximum atomic E-state index is 15.0. The molecule has 0 unspecified atom stereocenters. The Balaban J connectivity index is 0.00000136. The number of halogens is 2. The zero-order valence-electron chi connectivity index (χ0n) is 16.2. The minimum absolute atomic E-state index is 0.250. The number of fused-ring (bicyclic) bond motifs is 1. The first-order chi connectivity index (χ1) is 13.2. The number of hydrogen-bond acceptors (Lipinski definition) is 5. The molecule has 2 heterocycles. The minimum atomic E-state index is -0.589. The monoisotopic (exact) mass is 427 g/mol. The third-order valence-corrected chi connectivity index (χ3v) is 5.35. The number of benzene rings is 1. The number of ether oxygens (including phenoxy) is 1. The van der Waals surface area contributed by atoms with E-state index in [9.17, 15) is 9.59 Å². The van der Waals surface area contributed by atoms with Crippen LogP contribution < -0.4 is 0 Å². The Morgan fingerprint density at radius 2 is 2.04 bits per heavy atom. The van der Waals surface area contributed by atoms with E-state index in [0.717, 1.165) is 18.4 Å². The van der Waals surface area contributed by atoms with Gasteiger partial charge in [0.2, 0.25) is 0 Å². The number of rotatable bonds is 2. The van der Waals surface area contributed by atoms with Gasteiger partial charge in [-0.3, -0.25) is 4.79 Å². The lowest BCUT2D eigenvalue weighted by Crippen LogP contribution is -2.39. The summed E-state index contributed by atoms with van der Waals surface area (Å²) in [4.78, 5) is 25.3. The molecule has 0 radical (unpaired) electrons. The smallest absolute Gasteiger partial charge is 0.410 e. The van der Waals surface area contributed by atoms with Gasteiger partial charge in [-0.05, 0) is 44.9 Å². The van der Waals surface area contributed by atoms with Crippen molar-refractivity contribution in [3.05, 3.63) is 39.5 Å². The second kappa shape index (κ2) is 9.03. The summed E-state index contributed by atoms with van der Waals surface area (Å²) in [5.74, 6) is -0.417. The molecule has 28 heavy (non-hydrogen) atoms. The van der Waals surface area contributed by atoms with E-state index in [-0.39, 0.29) is 6.54 Å². The number of aldehydes is 1. The zero-order valence-corrected chi connectivity index (χ0v) is 17.8. The second-order valence-electron chi connectivity index (χ2n) is 7.15. The fourth-order valence-electron chi connectivity index (χ4n) is 2.85. The molecule has 0 fully saturated rings. The lowest BCUT2D eigenvalue weighted by atomic mass is 10.00. The molecule has 1 N–H and O–H groups in total. The third-order valence-electron chi connectivity index (χ3n) is 3.98. The van der Waals surface area contributed by atoms with Crippen LogP contribution in [0.5, 0.6) is 0 Å². The van der Waals surface area contributed by atoms with E-state index in [1.54, 1.807) is 37.8 Å². The normalized spacial score (nSPS) is 14.2. The largest absolute Gasteiger partial charge is 0.444 e. The van der Waals surface area contributed by atoms with Crippen molar-refractivity contribution in [2.24, 2.45) is 0 Å². The van der Waals surface area contributed by atoms with Gasteiger partial charge < -0.3 is 14.7 Å². The van der Waals surface area contributed by atoms with Crippen LogP contribution in [0.2, 0.25) is 5.02 Å². The predicted molar refractivity (Wildman–Crippen MR) is 111 cm³/mol. The van der Waals surface area contributed by atoms with Gasteiger partial charge in [0.25, 0.3) is 0 Å². The lowest BCUT2D eigenvalue weighted by Gasteiger charge is -2.30. The van der Waals surface area contributed by atoms with Crippen LogP contribution in [0.4, 0.5) is 9.18 Å². The number of aliphatic hydroxyl groups is 1. The minimum Gasteiger partial charge on any atom is -0.444 e. The van der Waals surface area contributed by atoms with Crippen LogP contribution in [-0.2, 0) is 4.74 Å².